The summed E-state index contributed by atoms with van der Waals surface area (Å²) in [7, 11) is 3.47. The fourth-order valence-electron chi connectivity index (χ4n) is 1.95. The Morgan fingerprint density at radius 1 is 1.09 bits per heavy atom. The van der Waals surface area contributed by atoms with E-state index in [9.17, 15) is 19.2 Å². The van der Waals surface area contributed by atoms with Gasteiger partial charge >= 0.3 is 21.1 Å². The van der Waals surface area contributed by atoms with Crippen LogP contribution in [0.1, 0.15) is 46.0 Å². The summed E-state index contributed by atoms with van der Waals surface area (Å²) in [5.41, 5.74) is 0. The molecule has 0 fully saturated rings. The first-order valence-electron chi connectivity index (χ1n) is 6.95. The van der Waals surface area contributed by atoms with Gasteiger partial charge in [-0.15, -0.1) is 6.42 Å². The van der Waals surface area contributed by atoms with Crippen molar-refractivity contribution in [1.29, 1.82) is 0 Å². The Balaban J connectivity index is 0. The van der Waals surface area contributed by atoms with Crippen LogP contribution in [-0.4, -0.2) is 35.3 Å². The molecular weight excluding hydrogens is 456 g/mol. The molecule has 22 heavy (non-hydrogen) atoms. The molecule has 124 valence electrons. The molecule has 0 aromatic carbocycles. The Labute approximate surface area is 146 Å². The second-order valence-corrected chi connectivity index (χ2v) is 4.97. The van der Waals surface area contributed by atoms with Crippen LogP contribution in [0.5, 0.6) is 0 Å². The molecule has 0 aromatic rings. The van der Waals surface area contributed by atoms with Gasteiger partial charge in [0.2, 0.25) is 5.91 Å². The molecule has 0 radical (unpaired) electrons. The van der Waals surface area contributed by atoms with E-state index in [4.69, 9.17) is 0 Å². The fraction of sp³-hybridized carbons (Fsp3) is 0.600. The molecule has 0 spiro atoms. The molecule has 2 atom stereocenters. The maximum absolute atomic E-state index is 11.9. The van der Waals surface area contributed by atoms with Crippen LogP contribution in [0.2, 0.25) is 0 Å². The number of amides is 1. The standard InChI is InChI=1S/C15H24N2O4.W/c1-5-15(21)14(17-11(3)19)9-12(20)7-6-8-13(16-4)10(2)18;/h13-14,16H,1,4-9H2,2-3H3,(H,17,19);/q-2;+2. The van der Waals surface area contributed by atoms with Crippen LogP contribution in [0.3, 0.4) is 0 Å². The first-order chi connectivity index (χ1) is 9.81. The predicted molar refractivity (Wildman–Crippen MR) is 79.0 cm³/mol. The first kappa shape index (κ1) is 23.4. The van der Waals surface area contributed by atoms with Crippen LogP contribution >= 0.6 is 0 Å². The van der Waals surface area contributed by atoms with E-state index in [0.717, 1.165) is 0 Å². The molecule has 0 bridgehead atoms. The van der Waals surface area contributed by atoms with Crippen molar-refractivity contribution in [2.24, 2.45) is 0 Å². The minimum atomic E-state index is -0.804. The minimum absolute atomic E-state index is 0. The predicted octanol–water partition coefficient (Wildman–Crippen LogP) is 0.750. The van der Waals surface area contributed by atoms with Crippen LogP contribution < -0.4 is 10.6 Å². The van der Waals surface area contributed by atoms with Crippen LogP contribution in [0.15, 0.2) is 0 Å². The van der Waals surface area contributed by atoms with E-state index in [1.54, 1.807) is 0 Å². The number of rotatable bonds is 11. The number of nitrogens with one attached hydrogen (secondary N) is 2. The molecule has 0 aliphatic rings. The van der Waals surface area contributed by atoms with Crippen molar-refractivity contribution in [3.05, 3.63) is 14.0 Å². The van der Waals surface area contributed by atoms with Gasteiger partial charge in [0, 0.05) is 25.8 Å². The van der Waals surface area contributed by atoms with Crippen LogP contribution in [-0.2, 0) is 40.2 Å². The number of ketones is 3. The largest absolute Gasteiger partial charge is 2.00 e. The monoisotopic (exact) mass is 480 g/mol. The van der Waals surface area contributed by atoms with Crippen molar-refractivity contribution in [2.45, 2.75) is 58.0 Å². The zero-order valence-electron chi connectivity index (χ0n) is 13.1. The molecule has 0 aliphatic carbocycles. The van der Waals surface area contributed by atoms with Crippen molar-refractivity contribution in [1.82, 2.24) is 10.6 Å². The molecule has 0 rings (SSSR count). The maximum Gasteiger partial charge on any atom is 2.00 e. The summed E-state index contributed by atoms with van der Waals surface area (Å²) < 4.78 is 0. The summed E-state index contributed by atoms with van der Waals surface area (Å²) in [5.74, 6) is -0.769. The van der Waals surface area contributed by atoms with Gasteiger partial charge in [-0.1, -0.05) is 0 Å². The van der Waals surface area contributed by atoms with E-state index in [1.807, 2.05) is 0 Å². The Bertz CT molecular complexity index is 399. The minimum Gasteiger partial charge on any atom is -0.464 e. The summed E-state index contributed by atoms with van der Waals surface area (Å²) in [6, 6.07) is -1.16. The molecule has 2 unspecified atom stereocenters. The number of hydrogen-bond donors (Lipinski definition) is 2. The second-order valence-electron chi connectivity index (χ2n) is 4.97. The van der Waals surface area contributed by atoms with E-state index in [0.29, 0.717) is 12.8 Å². The zero-order valence-corrected chi connectivity index (χ0v) is 16.1. The quantitative estimate of drug-likeness (QED) is 0.426. The van der Waals surface area contributed by atoms with Crippen molar-refractivity contribution in [3.8, 4) is 0 Å². The van der Waals surface area contributed by atoms with Crippen molar-refractivity contribution >= 4 is 23.3 Å². The number of hydrogen-bond acceptors (Lipinski definition) is 5. The van der Waals surface area contributed by atoms with Crippen molar-refractivity contribution in [3.63, 3.8) is 0 Å². The van der Waals surface area contributed by atoms with E-state index in [-0.39, 0.29) is 69.6 Å². The van der Waals surface area contributed by atoms with Crippen molar-refractivity contribution < 1.29 is 40.2 Å². The smallest absolute Gasteiger partial charge is 0.464 e. The third-order valence-corrected chi connectivity index (χ3v) is 3.13. The zero-order chi connectivity index (χ0) is 16.4. The number of carbonyl (C=O) groups is 4. The third kappa shape index (κ3) is 9.96. The average Bonchev–Trinajstić information content (AvgIpc) is 2.41. The van der Waals surface area contributed by atoms with Crippen LogP contribution in [0, 0.1) is 14.0 Å². The van der Waals surface area contributed by atoms with Gasteiger partial charge in [0.05, 0.1) is 6.04 Å². The van der Waals surface area contributed by atoms with Gasteiger partial charge in [-0.05, 0) is 19.8 Å². The summed E-state index contributed by atoms with van der Waals surface area (Å²) in [4.78, 5) is 45.7. The van der Waals surface area contributed by atoms with Gasteiger partial charge in [0.1, 0.15) is 17.3 Å². The first-order valence-corrected chi connectivity index (χ1v) is 6.95. The molecule has 1 amide bonds. The molecule has 6 nitrogen and oxygen atoms in total. The van der Waals surface area contributed by atoms with Gasteiger partial charge < -0.3 is 22.4 Å². The number of carbonyl (C=O) groups excluding carboxylic acids is 4. The molecule has 0 heterocycles. The Morgan fingerprint density at radius 2 is 1.68 bits per heavy atom. The van der Waals surface area contributed by atoms with E-state index < -0.39 is 6.04 Å². The summed E-state index contributed by atoms with van der Waals surface area (Å²) in [5, 5.41) is 5.10. The summed E-state index contributed by atoms with van der Waals surface area (Å²) in [6.45, 7) is 6.23. The fourth-order valence-corrected chi connectivity index (χ4v) is 1.95. The molecule has 0 saturated carbocycles. The Hall–Kier alpha value is -0.872. The normalized spacial score (nSPS) is 12.7. The molecular formula is C15H24N2O4W. The molecule has 0 saturated heterocycles. The number of Topliss-reactive ketones (excluding diaryl/α,β-unsaturated/α-hetero) is 3. The second kappa shape index (κ2) is 12.7. The van der Waals surface area contributed by atoms with Crippen LogP contribution in [0.25, 0.3) is 0 Å². The molecule has 0 aromatic heterocycles. The third-order valence-electron chi connectivity index (χ3n) is 3.13. The Morgan fingerprint density at radius 3 is 2.09 bits per heavy atom. The summed E-state index contributed by atoms with van der Waals surface area (Å²) >= 11 is 0. The van der Waals surface area contributed by atoms with Gasteiger partial charge in [0.15, 0.2) is 0 Å². The SMILES string of the molecule is [CH2-]CC(=O)C(CC(=O)CCCC(N[CH2-])C(C)=O)NC(C)=O.[W+2]. The van der Waals surface area contributed by atoms with Gasteiger partial charge in [0.25, 0.3) is 0 Å². The van der Waals surface area contributed by atoms with E-state index >= 15 is 0 Å². The molecule has 2 N–H and O–H groups in total. The van der Waals surface area contributed by atoms with E-state index in [2.05, 4.69) is 24.6 Å². The topological polar surface area (TPSA) is 92.3 Å². The van der Waals surface area contributed by atoms with Gasteiger partial charge in [-0.2, -0.15) is 0 Å². The maximum atomic E-state index is 11.9. The van der Waals surface area contributed by atoms with Crippen molar-refractivity contribution in [2.75, 3.05) is 0 Å². The average molecular weight is 480 g/mol. The van der Waals surface area contributed by atoms with Gasteiger partial charge in [-0.25, -0.2) is 0 Å². The van der Waals surface area contributed by atoms with Crippen LogP contribution in [0.4, 0.5) is 0 Å². The summed E-state index contributed by atoms with van der Waals surface area (Å²) in [6.07, 6.45) is 1.29. The van der Waals surface area contributed by atoms with E-state index in [1.165, 1.54) is 13.8 Å². The Kier molecular flexibility index (Phi) is 13.5. The van der Waals surface area contributed by atoms with Gasteiger partial charge in [-0.3, -0.25) is 21.4 Å². The molecule has 0 aliphatic heterocycles. The molecule has 7 heteroatoms.